The number of rotatable bonds is 10. The molecule has 1 saturated heterocycles. The number of halogens is 1. The molecular weight excluding hydrogens is 552 g/mol. The van der Waals surface area contributed by atoms with Crippen molar-refractivity contribution in [1.82, 2.24) is 4.90 Å². The average Bonchev–Trinajstić information content (AvgIpc) is 3.32. The number of aliphatic hydroxyl groups excluding tert-OH is 1. The quantitative estimate of drug-likeness (QED) is 0.306. The van der Waals surface area contributed by atoms with Gasteiger partial charge in [0, 0.05) is 17.3 Å². The zero-order valence-electron chi connectivity index (χ0n) is 26.5. The molecule has 238 valence electrons. The predicted molar refractivity (Wildman–Crippen MR) is 161 cm³/mol. The van der Waals surface area contributed by atoms with Gasteiger partial charge in [0.2, 0.25) is 0 Å². The van der Waals surface area contributed by atoms with Gasteiger partial charge in [0.25, 0.3) is 0 Å². The van der Waals surface area contributed by atoms with Gasteiger partial charge in [0.05, 0.1) is 12.7 Å². The van der Waals surface area contributed by atoms with Gasteiger partial charge in [-0.3, -0.25) is 0 Å². The van der Waals surface area contributed by atoms with E-state index in [-0.39, 0.29) is 46.3 Å². The number of Topliss-reactive ketones (excluding diaryl/α,β-unsaturated/α-hetero) is 1. The highest BCUT2D eigenvalue weighted by Crippen LogP contribution is 2.62. The second-order valence-electron chi connectivity index (χ2n) is 14.6. The third-order valence-corrected chi connectivity index (χ3v) is 11.9. The predicted octanol–water partition coefficient (Wildman–Crippen LogP) is 4.02. The SMILES string of the molecule is CC(=O)CC[C@]12CC[C@@H](C)[C@](C)(C1)[C@H](OC(=O)COc1ccc3c(c1F)B(O)OC3)C[C@@](C)(CCN1CCC1)[C@@H](O)[C@@H]2C. The lowest BCUT2D eigenvalue weighted by molar-refractivity contribution is -0.197. The number of carbonyl (C=O) groups is 2. The van der Waals surface area contributed by atoms with Crippen LogP contribution in [-0.2, 0) is 25.6 Å². The fourth-order valence-corrected chi connectivity index (χ4v) is 8.40. The van der Waals surface area contributed by atoms with Gasteiger partial charge in [-0.15, -0.1) is 0 Å². The van der Waals surface area contributed by atoms with Crippen molar-refractivity contribution in [2.45, 2.75) is 105 Å². The zero-order chi connectivity index (χ0) is 31.2. The molecule has 2 heterocycles. The number of carbonyl (C=O) groups excluding carboxylic acids is 2. The maximum atomic E-state index is 15.1. The van der Waals surface area contributed by atoms with Gasteiger partial charge in [-0.25, -0.2) is 9.18 Å². The maximum Gasteiger partial charge on any atom is 0.494 e. The van der Waals surface area contributed by atoms with Gasteiger partial charge < -0.3 is 34.0 Å². The first-order valence-electron chi connectivity index (χ1n) is 16.1. The minimum Gasteiger partial charge on any atom is -0.479 e. The van der Waals surface area contributed by atoms with Gasteiger partial charge in [-0.1, -0.05) is 33.8 Å². The summed E-state index contributed by atoms with van der Waals surface area (Å²) in [5, 5.41) is 22.1. The highest BCUT2D eigenvalue weighted by Gasteiger charge is 2.59. The molecule has 4 aliphatic rings. The van der Waals surface area contributed by atoms with Crippen LogP contribution in [-0.4, -0.2) is 72.4 Å². The fraction of sp³-hybridized carbons (Fsp3) is 0.758. The molecular formula is C33H49BFNO7. The van der Waals surface area contributed by atoms with E-state index in [9.17, 15) is 19.7 Å². The van der Waals surface area contributed by atoms with Crippen LogP contribution in [0.2, 0.25) is 0 Å². The highest BCUT2D eigenvalue weighted by molar-refractivity contribution is 6.61. The van der Waals surface area contributed by atoms with Gasteiger partial charge in [0.1, 0.15) is 11.9 Å². The van der Waals surface area contributed by atoms with E-state index in [4.69, 9.17) is 14.1 Å². The Morgan fingerprint density at radius 2 is 1.95 bits per heavy atom. The Labute approximate surface area is 255 Å². The van der Waals surface area contributed by atoms with Crippen LogP contribution in [0.5, 0.6) is 5.75 Å². The maximum absolute atomic E-state index is 15.1. The van der Waals surface area contributed by atoms with Crippen molar-refractivity contribution >= 4 is 24.3 Å². The van der Waals surface area contributed by atoms with Crippen molar-refractivity contribution < 1.29 is 38.2 Å². The summed E-state index contributed by atoms with van der Waals surface area (Å²) in [4.78, 5) is 28.0. The standard InChI is InChI=1S/C33H49BFNO7/c1-21-9-11-33(12-10-22(2)37)20-32(21,5)26(17-31(4,30(39)23(33)3)13-16-36-14-6-15-36)43-27(38)19-41-25-8-7-24-18-42-34(40)28(24)29(25)35/h7-8,21,23,26,30,39-40H,6,9-20H2,1-5H3/t21-,23+,26-,30+,31-,32+,33-/m1/s1. The lowest BCUT2D eigenvalue weighted by Gasteiger charge is -2.60. The molecule has 1 aromatic carbocycles. The second-order valence-corrected chi connectivity index (χ2v) is 14.6. The van der Waals surface area contributed by atoms with E-state index in [1.807, 2.05) is 0 Å². The van der Waals surface area contributed by atoms with Crippen molar-refractivity contribution in [3.05, 3.63) is 23.5 Å². The molecule has 7 atom stereocenters. The molecule has 2 bridgehead atoms. The van der Waals surface area contributed by atoms with Gasteiger partial charge in [-0.05, 0) is 106 Å². The molecule has 2 aliphatic heterocycles. The van der Waals surface area contributed by atoms with Gasteiger partial charge >= 0.3 is 13.1 Å². The van der Waals surface area contributed by atoms with Gasteiger partial charge in [0.15, 0.2) is 18.2 Å². The van der Waals surface area contributed by atoms with Crippen molar-refractivity contribution in [2.75, 3.05) is 26.2 Å². The number of esters is 1. The summed E-state index contributed by atoms with van der Waals surface area (Å²) in [6, 6.07) is 3.07. The number of fused-ring (bicyclic) bond motifs is 3. The number of ether oxygens (including phenoxy) is 2. The number of benzene rings is 1. The van der Waals surface area contributed by atoms with E-state index in [0.717, 1.165) is 45.3 Å². The Morgan fingerprint density at radius 3 is 2.63 bits per heavy atom. The normalized spacial score (nSPS) is 35.9. The fourth-order valence-electron chi connectivity index (χ4n) is 8.40. The Morgan fingerprint density at radius 1 is 1.21 bits per heavy atom. The van der Waals surface area contributed by atoms with Crippen LogP contribution in [0.25, 0.3) is 0 Å². The summed E-state index contributed by atoms with van der Waals surface area (Å²) in [7, 11) is -1.36. The lowest BCUT2D eigenvalue weighted by atomic mass is 9.46. The molecule has 2 saturated carbocycles. The van der Waals surface area contributed by atoms with E-state index in [1.165, 1.54) is 12.5 Å². The van der Waals surface area contributed by atoms with Crippen molar-refractivity contribution in [3.8, 4) is 5.75 Å². The molecule has 0 aromatic heterocycles. The Kier molecular flexibility index (Phi) is 9.35. The first-order chi connectivity index (χ1) is 20.3. The van der Waals surface area contributed by atoms with Crippen LogP contribution in [0, 0.1) is 33.9 Å². The third kappa shape index (κ3) is 6.27. The van der Waals surface area contributed by atoms with Crippen molar-refractivity contribution in [2.24, 2.45) is 28.1 Å². The summed E-state index contributed by atoms with van der Waals surface area (Å²) in [5.41, 5.74) is -0.548. The van der Waals surface area contributed by atoms with E-state index >= 15 is 4.39 Å². The summed E-state index contributed by atoms with van der Waals surface area (Å²) in [6.45, 7) is 13.0. The van der Waals surface area contributed by atoms with Crippen LogP contribution in [0.1, 0.15) is 91.5 Å². The molecule has 2 N–H and O–H groups in total. The molecule has 8 nitrogen and oxygen atoms in total. The van der Waals surface area contributed by atoms with Crippen LogP contribution in [0.4, 0.5) is 4.39 Å². The molecule has 3 fully saturated rings. The van der Waals surface area contributed by atoms with Crippen LogP contribution >= 0.6 is 0 Å². The minimum absolute atomic E-state index is 0.0119. The van der Waals surface area contributed by atoms with Crippen LogP contribution in [0.15, 0.2) is 12.1 Å². The summed E-state index contributed by atoms with van der Waals surface area (Å²) in [5.74, 6) is -1.07. The number of hydrogen-bond acceptors (Lipinski definition) is 8. The molecule has 0 radical (unpaired) electrons. The lowest BCUT2D eigenvalue weighted by Crippen LogP contribution is -2.59. The topological polar surface area (TPSA) is 106 Å². The summed E-state index contributed by atoms with van der Waals surface area (Å²) in [6.07, 6.45) is 5.16. The number of hydrogen-bond donors (Lipinski definition) is 2. The first kappa shape index (κ1) is 32.4. The largest absolute Gasteiger partial charge is 0.494 e. The highest BCUT2D eigenvalue weighted by atomic mass is 19.1. The zero-order valence-corrected chi connectivity index (χ0v) is 26.5. The molecule has 2 aliphatic carbocycles. The molecule has 0 amide bonds. The summed E-state index contributed by atoms with van der Waals surface area (Å²) < 4.78 is 32.1. The number of likely N-dealkylation sites (tertiary alicyclic amines) is 1. The van der Waals surface area contributed by atoms with Crippen LogP contribution in [0.3, 0.4) is 0 Å². The van der Waals surface area contributed by atoms with E-state index < -0.39 is 43.1 Å². The Hall–Kier alpha value is -2.01. The molecule has 43 heavy (non-hydrogen) atoms. The summed E-state index contributed by atoms with van der Waals surface area (Å²) >= 11 is 0. The molecule has 0 unspecified atom stereocenters. The van der Waals surface area contributed by atoms with Crippen molar-refractivity contribution in [1.29, 1.82) is 0 Å². The van der Waals surface area contributed by atoms with Crippen LogP contribution < -0.4 is 10.2 Å². The van der Waals surface area contributed by atoms with Crippen molar-refractivity contribution in [3.63, 3.8) is 0 Å². The Bertz CT molecular complexity index is 1210. The molecule has 0 spiro atoms. The third-order valence-electron chi connectivity index (χ3n) is 11.9. The van der Waals surface area contributed by atoms with E-state index in [1.54, 1.807) is 13.0 Å². The number of aliphatic hydroxyl groups is 1. The number of ketones is 1. The monoisotopic (exact) mass is 601 g/mol. The molecule has 5 rings (SSSR count). The van der Waals surface area contributed by atoms with E-state index in [2.05, 4.69) is 32.6 Å². The molecule has 10 heteroatoms. The smallest absolute Gasteiger partial charge is 0.479 e. The minimum atomic E-state index is -1.36. The second kappa shape index (κ2) is 12.4. The Balaban J connectivity index is 1.41. The van der Waals surface area contributed by atoms with Gasteiger partial charge in [-0.2, -0.15) is 0 Å². The first-order valence-corrected chi connectivity index (χ1v) is 16.1. The number of nitrogens with zero attached hydrogens (tertiary/aromatic N) is 1. The average molecular weight is 602 g/mol. The molecule has 1 aromatic rings. The van der Waals surface area contributed by atoms with E-state index in [0.29, 0.717) is 24.8 Å².